The van der Waals surface area contributed by atoms with Gasteiger partial charge in [-0.3, -0.25) is 4.79 Å². The lowest BCUT2D eigenvalue weighted by atomic mass is 10.2. The van der Waals surface area contributed by atoms with E-state index in [1.807, 2.05) is 0 Å². The van der Waals surface area contributed by atoms with Gasteiger partial charge in [-0.2, -0.15) is 4.72 Å². The third-order valence-corrected chi connectivity index (χ3v) is 6.01. The zero-order valence-electron chi connectivity index (χ0n) is 16.0. The molecule has 0 spiro atoms. The lowest BCUT2D eigenvalue weighted by molar-refractivity contribution is -0.122. The summed E-state index contributed by atoms with van der Waals surface area (Å²) in [5, 5.41) is 6.19. The minimum absolute atomic E-state index is 0.0390. The van der Waals surface area contributed by atoms with Gasteiger partial charge in [-0.1, -0.05) is 11.2 Å². The molecule has 2 aromatic heterocycles. The molecule has 0 fully saturated rings. The quantitative estimate of drug-likeness (QED) is 0.598. The average Bonchev–Trinajstić information content (AvgIpc) is 3.29. The van der Waals surface area contributed by atoms with Crippen molar-refractivity contribution in [1.29, 1.82) is 0 Å². The second kappa shape index (κ2) is 8.13. The molecule has 0 bridgehead atoms. The number of carbonyl (C=O) groups excluding carboxylic acids is 1. The summed E-state index contributed by atoms with van der Waals surface area (Å²) in [5.74, 6) is -0.891. The van der Waals surface area contributed by atoms with Crippen LogP contribution in [0.2, 0.25) is 0 Å². The number of benzene rings is 1. The minimum Gasteiger partial charge on any atom is -0.360 e. The molecule has 9 nitrogen and oxygen atoms in total. The number of hydrogen-bond acceptors (Lipinski definition) is 6. The van der Waals surface area contributed by atoms with Crippen molar-refractivity contribution in [2.45, 2.75) is 38.3 Å². The Morgan fingerprint density at radius 3 is 2.69 bits per heavy atom. The number of carbonyl (C=O) groups is 1. The maximum Gasteiger partial charge on any atom is 0.246 e. The van der Waals surface area contributed by atoms with Crippen LogP contribution >= 0.6 is 0 Å². The highest BCUT2D eigenvalue weighted by Crippen LogP contribution is 2.19. The predicted octanol–water partition coefficient (Wildman–Crippen LogP) is 1.60. The Bertz CT molecular complexity index is 1110. The first-order chi connectivity index (χ1) is 13.7. The predicted molar refractivity (Wildman–Crippen MR) is 101 cm³/mol. The second-order valence-electron chi connectivity index (χ2n) is 6.47. The number of amides is 1. The molecular weight excluding hydrogens is 401 g/mol. The molecule has 1 amide bonds. The van der Waals surface area contributed by atoms with E-state index in [2.05, 4.69) is 20.2 Å². The van der Waals surface area contributed by atoms with Gasteiger partial charge in [0.1, 0.15) is 16.4 Å². The normalized spacial score (nSPS) is 12.7. The molecule has 11 heteroatoms. The first-order valence-electron chi connectivity index (χ1n) is 8.68. The Labute approximate surface area is 167 Å². The van der Waals surface area contributed by atoms with Gasteiger partial charge in [0.05, 0.1) is 18.1 Å². The summed E-state index contributed by atoms with van der Waals surface area (Å²) in [6, 6.07) is 3.48. The van der Waals surface area contributed by atoms with E-state index in [4.69, 9.17) is 4.52 Å². The van der Waals surface area contributed by atoms with Crippen LogP contribution in [0.4, 0.5) is 4.39 Å². The number of imidazole rings is 1. The molecule has 29 heavy (non-hydrogen) atoms. The summed E-state index contributed by atoms with van der Waals surface area (Å²) in [7, 11) is -3.98. The monoisotopic (exact) mass is 421 g/mol. The fraction of sp³-hybridized carbons (Fsp3) is 0.278. The number of aryl methyl sites for hydroxylation is 2. The van der Waals surface area contributed by atoms with Gasteiger partial charge in [-0.25, -0.2) is 17.8 Å². The van der Waals surface area contributed by atoms with Crippen molar-refractivity contribution >= 4 is 15.9 Å². The van der Waals surface area contributed by atoms with Crippen molar-refractivity contribution in [2.24, 2.45) is 0 Å². The smallest absolute Gasteiger partial charge is 0.246 e. The second-order valence-corrected chi connectivity index (χ2v) is 8.12. The standard InChI is InChI=1S/C18H20FN5O4S/c1-11-17(13(3)28-22-11)29(26,27)23-12(2)18(25)21-9-14-4-5-16(15(19)8-14)24-7-6-20-10-24/h4-8,10,12,23H,9H2,1-3H3,(H,21,25)/t12-/m0/s1. The van der Waals surface area contributed by atoms with Crippen LogP contribution in [0.3, 0.4) is 0 Å². The van der Waals surface area contributed by atoms with Gasteiger partial charge in [0.2, 0.25) is 15.9 Å². The molecule has 1 atom stereocenters. The zero-order chi connectivity index (χ0) is 21.2. The highest BCUT2D eigenvalue weighted by Gasteiger charge is 2.28. The van der Waals surface area contributed by atoms with Crippen molar-refractivity contribution < 1.29 is 22.1 Å². The van der Waals surface area contributed by atoms with Crippen LogP contribution in [0.5, 0.6) is 0 Å². The SMILES string of the molecule is Cc1noc(C)c1S(=O)(=O)N[C@@H](C)C(=O)NCc1ccc(-n2ccnc2)c(F)c1. The molecule has 0 saturated carbocycles. The molecule has 2 N–H and O–H groups in total. The van der Waals surface area contributed by atoms with E-state index in [0.29, 0.717) is 11.3 Å². The van der Waals surface area contributed by atoms with Gasteiger partial charge in [-0.05, 0) is 38.5 Å². The van der Waals surface area contributed by atoms with Crippen LogP contribution in [0.25, 0.3) is 5.69 Å². The van der Waals surface area contributed by atoms with Gasteiger partial charge in [-0.15, -0.1) is 0 Å². The van der Waals surface area contributed by atoms with Crippen LogP contribution in [0.15, 0.2) is 46.3 Å². The lowest BCUT2D eigenvalue weighted by Gasteiger charge is -2.14. The van der Waals surface area contributed by atoms with Gasteiger partial charge in [0.25, 0.3) is 0 Å². The number of rotatable bonds is 7. The van der Waals surface area contributed by atoms with E-state index >= 15 is 0 Å². The minimum atomic E-state index is -3.98. The van der Waals surface area contributed by atoms with Crippen molar-refractivity contribution in [3.05, 3.63) is 59.8 Å². The Morgan fingerprint density at radius 2 is 2.10 bits per heavy atom. The third-order valence-electron chi connectivity index (χ3n) is 4.22. The fourth-order valence-electron chi connectivity index (χ4n) is 2.82. The van der Waals surface area contributed by atoms with Crippen molar-refractivity contribution in [3.8, 4) is 5.69 Å². The average molecular weight is 421 g/mol. The number of halogens is 1. The van der Waals surface area contributed by atoms with Crippen LogP contribution in [0.1, 0.15) is 23.9 Å². The number of sulfonamides is 1. The maximum atomic E-state index is 14.3. The zero-order valence-corrected chi connectivity index (χ0v) is 16.8. The van der Waals surface area contributed by atoms with Crippen LogP contribution in [-0.4, -0.2) is 35.1 Å². The molecule has 0 aliphatic heterocycles. The molecule has 0 saturated heterocycles. The Balaban J connectivity index is 1.63. The lowest BCUT2D eigenvalue weighted by Crippen LogP contribution is -2.44. The molecular formula is C18H20FN5O4S. The number of nitrogens with zero attached hydrogens (tertiary/aromatic N) is 3. The summed E-state index contributed by atoms with van der Waals surface area (Å²) in [6.45, 7) is 4.42. The topological polar surface area (TPSA) is 119 Å². The van der Waals surface area contributed by atoms with Crippen molar-refractivity contribution in [3.63, 3.8) is 0 Å². The van der Waals surface area contributed by atoms with E-state index in [-0.39, 0.29) is 22.9 Å². The maximum absolute atomic E-state index is 14.3. The Hall–Kier alpha value is -3.05. The molecule has 3 rings (SSSR count). The summed E-state index contributed by atoms with van der Waals surface area (Å²) in [6.07, 6.45) is 4.64. The highest BCUT2D eigenvalue weighted by atomic mass is 32.2. The van der Waals surface area contributed by atoms with Crippen LogP contribution in [0, 0.1) is 19.7 Å². The number of aromatic nitrogens is 3. The van der Waals surface area contributed by atoms with Crippen molar-refractivity contribution in [1.82, 2.24) is 24.7 Å². The molecule has 154 valence electrons. The van der Waals surface area contributed by atoms with E-state index in [1.165, 1.54) is 37.7 Å². The summed E-state index contributed by atoms with van der Waals surface area (Å²) in [5.41, 5.74) is 1.06. The third kappa shape index (κ3) is 4.51. The highest BCUT2D eigenvalue weighted by molar-refractivity contribution is 7.89. The largest absolute Gasteiger partial charge is 0.360 e. The first-order valence-corrected chi connectivity index (χ1v) is 10.2. The van der Waals surface area contributed by atoms with Gasteiger partial charge in [0, 0.05) is 18.9 Å². The Morgan fingerprint density at radius 1 is 1.34 bits per heavy atom. The van der Waals surface area contributed by atoms with E-state index in [9.17, 15) is 17.6 Å². The number of hydrogen-bond donors (Lipinski definition) is 2. The fourth-order valence-corrected chi connectivity index (χ4v) is 4.35. The molecule has 1 aromatic carbocycles. The summed E-state index contributed by atoms with van der Waals surface area (Å²) < 4.78 is 47.9. The molecule has 0 aliphatic rings. The molecule has 3 aromatic rings. The summed E-state index contributed by atoms with van der Waals surface area (Å²) in [4.78, 5) is 16.1. The van der Waals surface area contributed by atoms with Crippen LogP contribution < -0.4 is 10.0 Å². The molecule has 2 heterocycles. The first kappa shape index (κ1) is 20.7. The Kier molecular flexibility index (Phi) is 5.80. The van der Waals surface area contributed by atoms with E-state index < -0.39 is 27.8 Å². The van der Waals surface area contributed by atoms with E-state index in [1.54, 1.807) is 24.5 Å². The van der Waals surface area contributed by atoms with Gasteiger partial charge < -0.3 is 14.4 Å². The summed E-state index contributed by atoms with van der Waals surface area (Å²) >= 11 is 0. The van der Waals surface area contributed by atoms with Gasteiger partial charge in [0.15, 0.2) is 5.76 Å². The van der Waals surface area contributed by atoms with Gasteiger partial charge >= 0.3 is 0 Å². The molecule has 0 unspecified atom stereocenters. The van der Waals surface area contributed by atoms with E-state index in [0.717, 1.165) is 0 Å². The molecule has 0 radical (unpaired) electrons. The number of nitrogens with one attached hydrogen (secondary N) is 2. The van der Waals surface area contributed by atoms with Crippen molar-refractivity contribution in [2.75, 3.05) is 0 Å². The molecule has 0 aliphatic carbocycles. The van der Waals surface area contributed by atoms with Crippen LogP contribution in [-0.2, 0) is 21.4 Å².